The lowest BCUT2D eigenvalue weighted by Gasteiger charge is -2.25. The second-order valence-electron chi connectivity index (χ2n) is 9.28. The molecule has 1 saturated carbocycles. The van der Waals surface area contributed by atoms with Crippen LogP contribution >= 0.6 is 8.53 Å². The number of nitrogens with zero attached hydrogens (tertiary/aromatic N) is 3. The van der Waals surface area contributed by atoms with E-state index in [0.717, 1.165) is 25.8 Å². The molecule has 1 spiro atoms. The van der Waals surface area contributed by atoms with Gasteiger partial charge in [-0.25, -0.2) is 9.46 Å². The van der Waals surface area contributed by atoms with Crippen molar-refractivity contribution in [3.63, 3.8) is 0 Å². The number of amides is 1. The topological polar surface area (TPSA) is 94.9 Å². The summed E-state index contributed by atoms with van der Waals surface area (Å²) >= 11 is 0. The summed E-state index contributed by atoms with van der Waals surface area (Å²) < 4.78 is 23.0. The Morgan fingerprint density at radius 1 is 1.45 bits per heavy atom. The highest BCUT2D eigenvalue weighted by atomic mass is 31.2. The van der Waals surface area contributed by atoms with E-state index in [1.165, 1.54) is 17.4 Å². The van der Waals surface area contributed by atoms with E-state index in [1.807, 2.05) is 0 Å². The second kappa shape index (κ2) is 8.19. The molecule has 3 saturated heterocycles. The van der Waals surface area contributed by atoms with E-state index in [1.54, 1.807) is 26.1 Å². The molecule has 5 atom stereocenters. The van der Waals surface area contributed by atoms with Crippen LogP contribution in [0.3, 0.4) is 0 Å². The van der Waals surface area contributed by atoms with Crippen LogP contribution in [0, 0.1) is 5.92 Å². The molecule has 4 fully saturated rings. The molecule has 1 aliphatic carbocycles. The third kappa shape index (κ3) is 3.95. The minimum atomic E-state index is -1.07. The molecule has 1 amide bonds. The van der Waals surface area contributed by atoms with Gasteiger partial charge in [-0.2, -0.15) is 4.98 Å². The van der Waals surface area contributed by atoms with E-state index in [9.17, 15) is 9.59 Å². The highest BCUT2D eigenvalue weighted by Gasteiger charge is 2.63. The second-order valence-corrected chi connectivity index (χ2v) is 10.7. The van der Waals surface area contributed by atoms with Gasteiger partial charge in [-0.1, -0.05) is 20.8 Å². The first-order valence-corrected chi connectivity index (χ1v) is 12.5. The zero-order valence-corrected chi connectivity index (χ0v) is 19.2. The van der Waals surface area contributed by atoms with Crippen molar-refractivity contribution in [3.8, 4) is 0 Å². The largest absolute Gasteiger partial charge is 0.352 e. The van der Waals surface area contributed by atoms with E-state index in [4.69, 9.17) is 13.8 Å². The van der Waals surface area contributed by atoms with Crippen LogP contribution in [0.15, 0.2) is 17.1 Å². The van der Waals surface area contributed by atoms with Crippen molar-refractivity contribution >= 4 is 20.3 Å². The zero-order chi connectivity index (χ0) is 21.8. The van der Waals surface area contributed by atoms with Crippen molar-refractivity contribution in [2.45, 2.75) is 89.4 Å². The van der Waals surface area contributed by atoms with Crippen molar-refractivity contribution in [1.82, 2.24) is 14.2 Å². The number of carbonyl (C=O) groups is 1. The SMILES string of the molecule is CC[C@H]1O[C@@H](n2ccc(NC(=O)C(C)C)nc2=O)CC1O[P@@]1OC2(CC2)[C@@H]2CCCN21. The number of nitrogens with one attached hydrogen (secondary N) is 1. The zero-order valence-electron chi connectivity index (χ0n) is 18.3. The maximum absolute atomic E-state index is 12.6. The Hall–Kier alpha value is -1.38. The van der Waals surface area contributed by atoms with Gasteiger partial charge in [0.2, 0.25) is 5.91 Å². The Bertz CT molecular complexity index is 904. The first kappa shape index (κ1) is 21.5. The van der Waals surface area contributed by atoms with Gasteiger partial charge in [0, 0.05) is 31.1 Å². The molecular weight excluding hydrogens is 419 g/mol. The highest BCUT2D eigenvalue weighted by molar-refractivity contribution is 7.45. The minimum Gasteiger partial charge on any atom is -0.352 e. The maximum atomic E-state index is 12.6. The molecule has 3 aliphatic heterocycles. The minimum absolute atomic E-state index is 0.0416. The summed E-state index contributed by atoms with van der Waals surface area (Å²) in [5.74, 6) is -0.0976. The third-order valence-electron chi connectivity index (χ3n) is 6.77. The number of anilines is 1. The number of carbonyl (C=O) groups excluding carboxylic acids is 1. The van der Waals surface area contributed by atoms with Crippen molar-refractivity contribution in [1.29, 1.82) is 0 Å². The number of hydrogen-bond acceptors (Lipinski definition) is 7. The molecule has 4 aliphatic rings. The van der Waals surface area contributed by atoms with E-state index in [2.05, 4.69) is 21.9 Å². The lowest BCUT2D eigenvalue weighted by molar-refractivity contribution is -0.118. The maximum Gasteiger partial charge on any atom is 0.351 e. The predicted molar refractivity (Wildman–Crippen MR) is 115 cm³/mol. The molecule has 5 rings (SSSR count). The van der Waals surface area contributed by atoms with Crippen LogP contribution in [0.5, 0.6) is 0 Å². The van der Waals surface area contributed by atoms with Gasteiger partial charge in [0.15, 0.2) is 0 Å². The Kier molecular flexibility index (Phi) is 5.67. The van der Waals surface area contributed by atoms with Gasteiger partial charge in [-0.3, -0.25) is 9.36 Å². The standard InChI is InChI=1S/C21H31N4O5P/c1-4-14-15(29-31-25-10-5-6-16(25)21(30-31)8-9-21)12-18(28-14)24-11-7-17(23-20(24)27)22-19(26)13(2)3/h7,11,13-16,18H,4-6,8-10,12H2,1-3H3,(H,22,23,26,27)/t14-,15?,16+,18-,31+/m1/s1. The summed E-state index contributed by atoms with van der Waals surface area (Å²) in [6, 6.07) is 2.15. The molecule has 1 aromatic heterocycles. The lowest BCUT2D eigenvalue weighted by atomic mass is 10.1. The van der Waals surface area contributed by atoms with Crippen LogP contribution in [0.1, 0.15) is 65.5 Å². The van der Waals surface area contributed by atoms with Gasteiger partial charge in [0.05, 0.1) is 17.8 Å². The molecule has 9 nitrogen and oxygen atoms in total. The monoisotopic (exact) mass is 450 g/mol. The number of hydrogen-bond donors (Lipinski definition) is 1. The van der Waals surface area contributed by atoms with Crippen LogP contribution in [0.25, 0.3) is 0 Å². The molecule has 4 heterocycles. The molecule has 10 heteroatoms. The smallest absolute Gasteiger partial charge is 0.351 e. The normalized spacial score (nSPS) is 33.9. The van der Waals surface area contributed by atoms with Crippen molar-refractivity contribution < 1.29 is 18.6 Å². The number of rotatable bonds is 6. The fraction of sp³-hybridized carbons (Fsp3) is 0.762. The van der Waals surface area contributed by atoms with Gasteiger partial charge < -0.3 is 19.1 Å². The van der Waals surface area contributed by atoms with E-state index < -0.39 is 20.4 Å². The molecule has 0 radical (unpaired) electrons. The fourth-order valence-corrected chi connectivity index (χ4v) is 7.01. The molecule has 0 bridgehead atoms. The summed E-state index contributed by atoms with van der Waals surface area (Å²) in [6.45, 7) is 6.69. The molecule has 0 aromatic carbocycles. The van der Waals surface area contributed by atoms with Crippen LogP contribution < -0.4 is 11.0 Å². The fourth-order valence-electron chi connectivity index (χ4n) is 4.81. The summed E-state index contributed by atoms with van der Waals surface area (Å²) in [6.07, 6.45) is 7.03. The summed E-state index contributed by atoms with van der Waals surface area (Å²) in [5.41, 5.74) is -0.402. The lowest BCUT2D eigenvalue weighted by Crippen LogP contribution is -2.29. The Balaban J connectivity index is 1.27. The predicted octanol–water partition coefficient (Wildman–Crippen LogP) is 3.17. The Labute approximate surface area is 183 Å². The van der Waals surface area contributed by atoms with Gasteiger partial charge in [0.1, 0.15) is 12.0 Å². The van der Waals surface area contributed by atoms with E-state index in [0.29, 0.717) is 12.5 Å². The van der Waals surface area contributed by atoms with Gasteiger partial charge in [-0.05, 0) is 38.2 Å². The Morgan fingerprint density at radius 3 is 2.94 bits per heavy atom. The van der Waals surface area contributed by atoms with Gasteiger partial charge in [-0.15, -0.1) is 0 Å². The summed E-state index contributed by atoms with van der Waals surface area (Å²) in [4.78, 5) is 28.5. The van der Waals surface area contributed by atoms with Crippen molar-refractivity contribution in [3.05, 3.63) is 22.7 Å². The van der Waals surface area contributed by atoms with E-state index in [-0.39, 0.29) is 35.5 Å². The van der Waals surface area contributed by atoms with Gasteiger partial charge >= 0.3 is 5.69 Å². The average Bonchev–Trinajstić information content (AvgIpc) is 3.08. The first-order valence-electron chi connectivity index (χ1n) is 11.4. The average molecular weight is 450 g/mol. The molecule has 1 N–H and O–H groups in total. The molecular formula is C21H31N4O5P. The molecule has 31 heavy (non-hydrogen) atoms. The quantitative estimate of drug-likeness (QED) is 0.665. The van der Waals surface area contributed by atoms with Crippen molar-refractivity contribution in [2.75, 3.05) is 11.9 Å². The van der Waals surface area contributed by atoms with Crippen LogP contribution in [-0.2, 0) is 18.6 Å². The molecule has 1 unspecified atom stereocenters. The summed E-state index contributed by atoms with van der Waals surface area (Å²) in [7, 11) is -1.07. The number of fused-ring (bicyclic) bond motifs is 2. The van der Waals surface area contributed by atoms with Gasteiger partial charge in [0.25, 0.3) is 8.53 Å². The van der Waals surface area contributed by atoms with Crippen molar-refractivity contribution in [2.24, 2.45) is 5.92 Å². The highest BCUT2D eigenvalue weighted by Crippen LogP contribution is 2.68. The van der Waals surface area contributed by atoms with Crippen LogP contribution in [-0.4, -0.2) is 50.5 Å². The van der Waals surface area contributed by atoms with E-state index >= 15 is 0 Å². The number of ether oxygens (including phenoxy) is 1. The first-order chi connectivity index (χ1) is 14.9. The summed E-state index contributed by atoms with van der Waals surface area (Å²) in [5, 5.41) is 2.66. The van der Waals surface area contributed by atoms with Crippen LogP contribution in [0.2, 0.25) is 0 Å². The number of aromatic nitrogens is 2. The Morgan fingerprint density at radius 2 is 2.26 bits per heavy atom. The van der Waals surface area contributed by atoms with Crippen LogP contribution in [0.4, 0.5) is 5.82 Å². The molecule has 170 valence electrons. The molecule has 1 aromatic rings. The third-order valence-corrected chi connectivity index (χ3v) is 8.64.